The lowest BCUT2D eigenvalue weighted by Crippen LogP contribution is -2.39. The molecule has 2 unspecified atom stereocenters. The summed E-state index contributed by atoms with van der Waals surface area (Å²) in [6, 6.07) is 6.72. The Morgan fingerprint density at radius 1 is 1.32 bits per heavy atom. The maximum Gasteiger partial charge on any atom is 0.138 e. The minimum atomic E-state index is 0.167. The van der Waals surface area contributed by atoms with Gasteiger partial charge >= 0.3 is 0 Å². The van der Waals surface area contributed by atoms with Crippen LogP contribution in [0.4, 0.5) is 0 Å². The van der Waals surface area contributed by atoms with Crippen LogP contribution in [0.15, 0.2) is 29.8 Å². The Morgan fingerprint density at radius 3 is 2.89 bits per heavy atom. The van der Waals surface area contributed by atoms with E-state index in [0.717, 1.165) is 19.3 Å². The minimum absolute atomic E-state index is 0.167. The first-order valence-corrected chi connectivity index (χ1v) is 7.54. The van der Waals surface area contributed by atoms with E-state index in [1.54, 1.807) is 5.57 Å². The predicted molar refractivity (Wildman–Crippen MR) is 76.3 cm³/mol. The van der Waals surface area contributed by atoms with Crippen molar-refractivity contribution in [2.75, 3.05) is 0 Å². The molecule has 3 aliphatic carbocycles. The van der Waals surface area contributed by atoms with E-state index in [0.29, 0.717) is 18.1 Å². The molecule has 1 spiro atoms. The van der Waals surface area contributed by atoms with Crippen LogP contribution in [0.5, 0.6) is 0 Å². The zero-order valence-electron chi connectivity index (χ0n) is 11.5. The molecule has 1 heteroatoms. The zero-order chi connectivity index (χ0) is 13.0. The number of fused-ring (bicyclic) bond motifs is 5. The summed E-state index contributed by atoms with van der Waals surface area (Å²) in [7, 11) is 0. The normalized spacial score (nSPS) is 31.7. The largest absolute Gasteiger partial charge is 0.299 e. The lowest BCUT2D eigenvalue weighted by atomic mass is 9.61. The van der Waals surface area contributed by atoms with Gasteiger partial charge < -0.3 is 0 Å². The van der Waals surface area contributed by atoms with Crippen LogP contribution in [-0.2, 0) is 23.1 Å². The molecule has 2 atom stereocenters. The van der Waals surface area contributed by atoms with Crippen molar-refractivity contribution >= 4 is 5.78 Å². The van der Waals surface area contributed by atoms with E-state index in [9.17, 15) is 4.79 Å². The van der Waals surface area contributed by atoms with Crippen LogP contribution in [0.2, 0.25) is 0 Å². The molecule has 3 aliphatic rings. The summed E-state index contributed by atoms with van der Waals surface area (Å²) in [5.74, 6) is 1.15. The van der Waals surface area contributed by atoms with Crippen LogP contribution in [0.3, 0.4) is 0 Å². The average Bonchev–Trinajstić information content (AvgIpc) is 2.99. The van der Waals surface area contributed by atoms with E-state index in [4.69, 9.17) is 0 Å². The molecule has 4 rings (SSSR count). The van der Waals surface area contributed by atoms with Gasteiger partial charge in [0.15, 0.2) is 0 Å². The Hall–Kier alpha value is -1.37. The molecule has 0 amide bonds. The summed E-state index contributed by atoms with van der Waals surface area (Å²) in [5.41, 5.74) is 6.04. The minimum Gasteiger partial charge on any atom is -0.299 e. The second-order valence-corrected chi connectivity index (χ2v) is 6.52. The second-order valence-electron chi connectivity index (χ2n) is 6.52. The van der Waals surface area contributed by atoms with E-state index in [2.05, 4.69) is 31.2 Å². The summed E-state index contributed by atoms with van der Waals surface area (Å²) in [5, 5.41) is 0. The Balaban J connectivity index is 1.93. The third kappa shape index (κ3) is 1.45. The number of carbonyl (C=O) groups excluding carboxylic acids is 1. The van der Waals surface area contributed by atoms with Crippen molar-refractivity contribution in [2.24, 2.45) is 5.92 Å². The van der Waals surface area contributed by atoms with Gasteiger partial charge in [-0.05, 0) is 48.3 Å². The number of hydrogen-bond donors (Lipinski definition) is 0. The van der Waals surface area contributed by atoms with Crippen molar-refractivity contribution in [2.45, 2.75) is 50.9 Å². The summed E-state index contributed by atoms with van der Waals surface area (Å²) in [6.45, 7) is 2.20. The van der Waals surface area contributed by atoms with Gasteiger partial charge in [-0.25, -0.2) is 0 Å². The highest BCUT2D eigenvalue weighted by Crippen LogP contribution is 2.58. The molecule has 98 valence electrons. The Labute approximate surface area is 114 Å². The van der Waals surface area contributed by atoms with Gasteiger partial charge in [0.2, 0.25) is 0 Å². The van der Waals surface area contributed by atoms with Crippen molar-refractivity contribution in [1.82, 2.24) is 0 Å². The number of rotatable bonds is 1. The molecule has 1 aromatic rings. The van der Waals surface area contributed by atoms with Gasteiger partial charge in [0, 0.05) is 18.3 Å². The fourth-order valence-electron chi connectivity index (χ4n) is 4.78. The van der Waals surface area contributed by atoms with Gasteiger partial charge in [-0.15, -0.1) is 0 Å². The van der Waals surface area contributed by atoms with Gasteiger partial charge in [0.1, 0.15) is 5.78 Å². The Bertz CT molecular complexity index is 596. The number of aryl methyl sites for hydroxylation is 1. The van der Waals surface area contributed by atoms with Crippen LogP contribution in [0, 0.1) is 5.92 Å². The monoisotopic (exact) mass is 252 g/mol. The molecular weight excluding hydrogens is 232 g/mol. The topological polar surface area (TPSA) is 17.1 Å². The molecule has 0 saturated heterocycles. The molecule has 1 fully saturated rings. The van der Waals surface area contributed by atoms with E-state index in [1.165, 1.54) is 29.5 Å². The van der Waals surface area contributed by atoms with Crippen molar-refractivity contribution in [1.29, 1.82) is 0 Å². The maximum absolute atomic E-state index is 12.3. The standard InChI is InChI=1S/C18H20O/c1-2-13-4-3-5-17-16(13)9-15(19)11-18(17)10-12-6-7-14(18)8-12/h3-6,14H,2,7-11H2,1H3. The third-order valence-corrected chi connectivity index (χ3v) is 5.60. The summed E-state index contributed by atoms with van der Waals surface area (Å²) in [4.78, 5) is 12.3. The second kappa shape index (κ2) is 3.82. The molecule has 0 heterocycles. The maximum atomic E-state index is 12.3. The van der Waals surface area contributed by atoms with E-state index in [-0.39, 0.29) is 5.41 Å². The number of ketones is 1. The lowest BCUT2D eigenvalue weighted by molar-refractivity contribution is -0.120. The number of carbonyl (C=O) groups is 1. The van der Waals surface area contributed by atoms with Gasteiger partial charge in [-0.2, -0.15) is 0 Å². The molecule has 19 heavy (non-hydrogen) atoms. The van der Waals surface area contributed by atoms with Crippen LogP contribution < -0.4 is 0 Å². The van der Waals surface area contributed by atoms with Crippen molar-refractivity contribution < 1.29 is 4.79 Å². The fraction of sp³-hybridized carbons (Fsp3) is 0.500. The number of hydrogen-bond acceptors (Lipinski definition) is 1. The third-order valence-electron chi connectivity index (χ3n) is 5.60. The first-order valence-electron chi connectivity index (χ1n) is 7.54. The van der Waals surface area contributed by atoms with Crippen molar-refractivity contribution in [3.8, 4) is 0 Å². The highest BCUT2D eigenvalue weighted by molar-refractivity contribution is 5.86. The van der Waals surface area contributed by atoms with E-state index in [1.807, 2.05) is 0 Å². The van der Waals surface area contributed by atoms with E-state index >= 15 is 0 Å². The fourth-order valence-corrected chi connectivity index (χ4v) is 4.78. The highest BCUT2D eigenvalue weighted by atomic mass is 16.1. The molecule has 0 N–H and O–H groups in total. The summed E-state index contributed by atoms with van der Waals surface area (Å²) in [6.07, 6.45) is 8.49. The first-order chi connectivity index (χ1) is 9.23. The zero-order valence-corrected chi connectivity index (χ0v) is 11.5. The van der Waals surface area contributed by atoms with Crippen LogP contribution in [0.1, 0.15) is 49.3 Å². The van der Waals surface area contributed by atoms with Crippen LogP contribution in [0.25, 0.3) is 0 Å². The molecule has 1 saturated carbocycles. The molecule has 1 aromatic carbocycles. The smallest absolute Gasteiger partial charge is 0.138 e. The quantitative estimate of drug-likeness (QED) is 0.696. The number of Topliss-reactive ketones (excluding diaryl/α,β-unsaturated/α-hetero) is 1. The van der Waals surface area contributed by atoms with Crippen LogP contribution >= 0.6 is 0 Å². The van der Waals surface area contributed by atoms with Crippen molar-refractivity contribution in [3.63, 3.8) is 0 Å². The first kappa shape index (κ1) is 11.5. The van der Waals surface area contributed by atoms with Crippen molar-refractivity contribution in [3.05, 3.63) is 46.5 Å². The van der Waals surface area contributed by atoms with Gasteiger partial charge in [-0.1, -0.05) is 36.8 Å². The van der Waals surface area contributed by atoms with Gasteiger partial charge in [0.25, 0.3) is 0 Å². The number of benzene rings is 1. The summed E-state index contributed by atoms with van der Waals surface area (Å²) < 4.78 is 0. The van der Waals surface area contributed by atoms with E-state index < -0.39 is 0 Å². The van der Waals surface area contributed by atoms with Crippen LogP contribution in [-0.4, -0.2) is 5.78 Å². The average molecular weight is 252 g/mol. The SMILES string of the molecule is CCc1cccc2c1CC(=O)CC21CC2=CCC1C2. The summed E-state index contributed by atoms with van der Waals surface area (Å²) >= 11 is 0. The molecular formula is C18H20O. The molecule has 0 aromatic heterocycles. The molecule has 0 radical (unpaired) electrons. The Morgan fingerprint density at radius 2 is 2.21 bits per heavy atom. The number of allylic oxidation sites excluding steroid dienone is 2. The Kier molecular flexibility index (Phi) is 2.30. The predicted octanol–water partition coefficient (Wildman–Crippen LogP) is 3.74. The van der Waals surface area contributed by atoms with Gasteiger partial charge in [-0.3, -0.25) is 4.79 Å². The molecule has 1 nitrogen and oxygen atoms in total. The lowest BCUT2D eigenvalue weighted by Gasteiger charge is -2.41. The molecule has 2 bridgehead atoms. The highest BCUT2D eigenvalue weighted by Gasteiger charge is 2.51. The van der Waals surface area contributed by atoms with Gasteiger partial charge in [0.05, 0.1) is 0 Å². The molecule has 0 aliphatic heterocycles.